The Bertz CT molecular complexity index is 435. The molecule has 0 aromatic carbocycles. The van der Waals surface area contributed by atoms with E-state index in [1.165, 1.54) is 12.1 Å². The lowest BCUT2D eigenvalue weighted by Gasteiger charge is -2.28. The Kier molecular flexibility index (Phi) is 4.43. The fourth-order valence-corrected chi connectivity index (χ4v) is 1.56. The Labute approximate surface area is 106 Å². The molecular weight excluding hydrogens is 234 g/mol. The fourth-order valence-electron chi connectivity index (χ4n) is 1.56. The number of hydrogen-bond acceptors (Lipinski definition) is 6. The van der Waals surface area contributed by atoms with Crippen LogP contribution < -0.4 is 16.2 Å². The molecule has 0 aliphatic heterocycles. The number of anilines is 2. The minimum atomic E-state index is -0.438. The molecule has 100 valence electrons. The Morgan fingerprint density at radius 3 is 2.50 bits per heavy atom. The van der Waals surface area contributed by atoms with Crippen molar-refractivity contribution in [2.75, 3.05) is 17.4 Å². The van der Waals surface area contributed by atoms with Gasteiger partial charge in [-0.05, 0) is 18.9 Å². The van der Waals surface area contributed by atoms with E-state index in [4.69, 9.17) is 5.84 Å². The van der Waals surface area contributed by atoms with Gasteiger partial charge in [0, 0.05) is 19.2 Å². The Balaban J connectivity index is 3.22. The van der Waals surface area contributed by atoms with E-state index >= 15 is 0 Å². The Morgan fingerprint density at radius 1 is 1.44 bits per heavy atom. The molecule has 7 nitrogen and oxygen atoms in total. The highest BCUT2D eigenvalue weighted by atomic mass is 16.6. The number of nitrogens with one attached hydrogen (secondary N) is 1. The molecule has 1 rings (SSSR count). The maximum atomic E-state index is 11.0. The van der Waals surface area contributed by atoms with E-state index < -0.39 is 4.92 Å². The van der Waals surface area contributed by atoms with Crippen molar-refractivity contribution in [1.82, 2.24) is 4.98 Å². The summed E-state index contributed by atoms with van der Waals surface area (Å²) in [6.45, 7) is 6.11. The lowest BCUT2D eigenvalue weighted by molar-refractivity contribution is -0.384. The van der Waals surface area contributed by atoms with E-state index in [9.17, 15) is 10.1 Å². The quantitative estimate of drug-likeness (QED) is 0.471. The van der Waals surface area contributed by atoms with Crippen LogP contribution in [0.15, 0.2) is 12.1 Å². The smallest absolute Gasteiger partial charge is 0.311 e. The number of nitrogens with two attached hydrogens (primary N) is 1. The van der Waals surface area contributed by atoms with E-state index in [1.54, 1.807) is 11.9 Å². The highest BCUT2D eigenvalue weighted by Crippen LogP contribution is 2.29. The van der Waals surface area contributed by atoms with Gasteiger partial charge in [-0.2, -0.15) is 0 Å². The van der Waals surface area contributed by atoms with Gasteiger partial charge in [0.2, 0.25) is 5.82 Å². The molecule has 3 N–H and O–H groups in total. The zero-order valence-electron chi connectivity index (χ0n) is 11.0. The van der Waals surface area contributed by atoms with E-state index in [0.29, 0.717) is 17.6 Å². The van der Waals surface area contributed by atoms with Crippen LogP contribution in [0.4, 0.5) is 17.3 Å². The predicted octanol–water partition coefficient (Wildman–Crippen LogP) is 1.76. The predicted molar refractivity (Wildman–Crippen MR) is 71.4 cm³/mol. The van der Waals surface area contributed by atoms with Crippen LogP contribution in [-0.2, 0) is 0 Å². The molecule has 0 amide bonds. The molecule has 1 aromatic rings. The number of nitrogens with zero attached hydrogens (tertiary/aromatic N) is 3. The normalized spacial score (nSPS) is 12.3. The van der Waals surface area contributed by atoms with E-state index in [-0.39, 0.29) is 11.7 Å². The van der Waals surface area contributed by atoms with Gasteiger partial charge in [-0.25, -0.2) is 10.8 Å². The minimum Gasteiger partial charge on any atom is -0.351 e. The van der Waals surface area contributed by atoms with E-state index in [1.807, 2.05) is 6.92 Å². The van der Waals surface area contributed by atoms with Crippen LogP contribution in [0.1, 0.15) is 20.8 Å². The molecule has 18 heavy (non-hydrogen) atoms. The van der Waals surface area contributed by atoms with Crippen molar-refractivity contribution in [2.45, 2.75) is 26.8 Å². The summed E-state index contributed by atoms with van der Waals surface area (Å²) >= 11 is 0. The van der Waals surface area contributed by atoms with Crippen molar-refractivity contribution in [3.05, 3.63) is 22.2 Å². The van der Waals surface area contributed by atoms with Gasteiger partial charge in [-0.3, -0.25) is 10.1 Å². The van der Waals surface area contributed by atoms with Gasteiger partial charge in [0.15, 0.2) is 0 Å². The van der Waals surface area contributed by atoms with Gasteiger partial charge in [0.1, 0.15) is 5.82 Å². The molecule has 1 heterocycles. The first-order chi connectivity index (χ1) is 8.38. The summed E-state index contributed by atoms with van der Waals surface area (Å²) < 4.78 is 0. The first kappa shape index (κ1) is 14.2. The average molecular weight is 253 g/mol. The number of hydrogen-bond donors (Lipinski definition) is 2. The fraction of sp³-hybridized carbons (Fsp3) is 0.545. The molecule has 0 aliphatic carbocycles. The number of rotatable bonds is 5. The van der Waals surface area contributed by atoms with Crippen LogP contribution in [0.2, 0.25) is 0 Å². The molecule has 1 unspecified atom stereocenters. The molecule has 0 radical (unpaired) electrons. The number of aromatic nitrogens is 1. The lowest BCUT2D eigenvalue weighted by Crippen LogP contribution is -2.34. The monoisotopic (exact) mass is 253 g/mol. The summed E-state index contributed by atoms with van der Waals surface area (Å²) in [4.78, 5) is 16.5. The minimum absolute atomic E-state index is 0.0241. The molecule has 1 atom stereocenters. The zero-order chi connectivity index (χ0) is 13.9. The van der Waals surface area contributed by atoms with Crippen LogP contribution in [-0.4, -0.2) is 23.0 Å². The summed E-state index contributed by atoms with van der Waals surface area (Å²) in [5.74, 6) is 6.35. The molecule has 0 saturated heterocycles. The molecule has 0 saturated carbocycles. The maximum absolute atomic E-state index is 11.0. The second-order valence-corrected chi connectivity index (χ2v) is 4.54. The third kappa shape index (κ3) is 2.86. The highest BCUT2D eigenvalue weighted by molar-refractivity contribution is 5.61. The van der Waals surface area contributed by atoms with E-state index in [2.05, 4.69) is 24.3 Å². The van der Waals surface area contributed by atoms with Gasteiger partial charge in [-0.1, -0.05) is 13.8 Å². The molecule has 1 aromatic heterocycles. The van der Waals surface area contributed by atoms with Crippen molar-refractivity contribution in [3.63, 3.8) is 0 Å². The number of pyridine rings is 1. The maximum Gasteiger partial charge on any atom is 0.311 e. The van der Waals surface area contributed by atoms with Gasteiger partial charge in [0.25, 0.3) is 0 Å². The summed E-state index contributed by atoms with van der Waals surface area (Å²) in [7, 11) is 1.79. The zero-order valence-corrected chi connectivity index (χ0v) is 11.0. The first-order valence-corrected chi connectivity index (χ1v) is 5.73. The Morgan fingerprint density at radius 2 is 2.06 bits per heavy atom. The van der Waals surface area contributed by atoms with Crippen molar-refractivity contribution in [3.8, 4) is 0 Å². The second kappa shape index (κ2) is 5.63. The third-order valence-corrected chi connectivity index (χ3v) is 3.11. The molecule has 7 heteroatoms. The summed E-state index contributed by atoms with van der Waals surface area (Å²) in [6, 6.07) is 3.01. The first-order valence-electron chi connectivity index (χ1n) is 5.73. The van der Waals surface area contributed by atoms with Crippen molar-refractivity contribution in [1.29, 1.82) is 0 Å². The number of hydrazine groups is 1. The molecule has 0 aliphatic rings. The van der Waals surface area contributed by atoms with E-state index in [0.717, 1.165) is 0 Å². The third-order valence-electron chi connectivity index (χ3n) is 3.11. The molecular formula is C11H19N5O2. The summed E-state index contributed by atoms with van der Waals surface area (Å²) in [6.07, 6.45) is 0. The SMILES string of the molecule is CC(C)C(C)N(C)c1nc(NN)ccc1[N+](=O)[O-]. The summed E-state index contributed by atoms with van der Waals surface area (Å²) in [5.41, 5.74) is 2.37. The largest absolute Gasteiger partial charge is 0.351 e. The molecule has 0 bridgehead atoms. The lowest BCUT2D eigenvalue weighted by atomic mass is 10.1. The number of nitro groups is 1. The van der Waals surface area contributed by atoms with Crippen molar-refractivity contribution >= 4 is 17.3 Å². The summed E-state index contributed by atoms with van der Waals surface area (Å²) in [5, 5.41) is 11.0. The van der Waals surface area contributed by atoms with Crippen LogP contribution in [0.25, 0.3) is 0 Å². The number of nitrogen functional groups attached to an aromatic ring is 1. The Hall–Kier alpha value is -1.89. The van der Waals surface area contributed by atoms with Crippen LogP contribution in [0.5, 0.6) is 0 Å². The van der Waals surface area contributed by atoms with Gasteiger partial charge >= 0.3 is 5.69 Å². The van der Waals surface area contributed by atoms with Gasteiger partial charge in [-0.15, -0.1) is 0 Å². The van der Waals surface area contributed by atoms with Crippen molar-refractivity contribution < 1.29 is 4.92 Å². The topological polar surface area (TPSA) is 97.3 Å². The highest BCUT2D eigenvalue weighted by Gasteiger charge is 2.24. The van der Waals surface area contributed by atoms with Gasteiger partial charge < -0.3 is 10.3 Å². The standard InChI is InChI=1S/C11H19N5O2/c1-7(2)8(3)15(4)11-9(16(17)18)5-6-10(13-11)14-12/h5-8H,12H2,1-4H3,(H,13,14). The molecule has 0 spiro atoms. The van der Waals surface area contributed by atoms with Crippen LogP contribution in [0.3, 0.4) is 0 Å². The van der Waals surface area contributed by atoms with Crippen LogP contribution in [0, 0.1) is 16.0 Å². The average Bonchev–Trinajstić information content (AvgIpc) is 2.35. The second-order valence-electron chi connectivity index (χ2n) is 4.54. The van der Waals surface area contributed by atoms with Crippen molar-refractivity contribution in [2.24, 2.45) is 11.8 Å². The van der Waals surface area contributed by atoms with Gasteiger partial charge in [0.05, 0.1) is 4.92 Å². The van der Waals surface area contributed by atoms with Crippen LogP contribution >= 0.6 is 0 Å². The molecule has 0 fully saturated rings.